The predicted molar refractivity (Wildman–Crippen MR) is 91.5 cm³/mol. The van der Waals surface area contributed by atoms with Crippen LogP contribution in [0.2, 0.25) is 0 Å². The number of aliphatic hydroxyl groups excluding tert-OH is 1. The second-order valence-corrected chi connectivity index (χ2v) is 5.88. The molecule has 0 saturated carbocycles. The number of carbonyl (C=O) groups excluding carboxylic acids is 2. The molecule has 0 unspecified atom stereocenters. The smallest absolute Gasteiger partial charge is 0.347 e. The Morgan fingerprint density at radius 1 is 1.27 bits per heavy atom. The van der Waals surface area contributed by atoms with E-state index in [4.69, 9.17) is 5.73 Å². The van der Waals surface area contributed by atoms with Gasteiger partial charge in [0.25, 0.3) is 0 Å². The average molecular weight is 307 g/mol. The number of nitrogens with zero attached hydrogens (tertiary/aromatic N) is 1. The van der Waals surface area contributed by atoms with Crippen molar-refractivity contribution in [2.24, 2.45) is 16.1 Å². The molecule has 0 fully saturated rings. The van der Waals surface area contributed by atoms with Crippen molar-refractivity contribution >= 4 is 23.3 Å². The van der Waals surface area contributed by atoms with Crippen LogP contribution in [-0.4, -0.2) is 22.8 Å². The first kappa shape index (κ1) is 17.4. The summed E-state index contributed by atoms with van der Waals surface area (Å²) in [7, 11) is 0. The van der Waals surface area contributed by atoms with Crippen molar-refractivity contribution in [1.29, 1.82) is 0 Å². The van der Waals surface area contributed by atoms with Crippen LogP contribution >= 0.6 is 0 Å². The van der Waals surface area contributed by atoms with Gasteiger partial charge in [0.2, 0.25) is 0 Å². The fourth-order valence-corrected chi connectivity index (χ4v) is 1.45. The normalized spacial score (nSPS) is 12.9. The van der Waals surface area contributed by atoms with Gasteiger partial charge in [-0.1, -0.05) is 20.8 Å². The zero-order valence-corrected chi connectivity index (χ0v) is 13.2. The van der Waals surface area contributed by atoms with Crippen molar-refractivity contribution in [3.63, 3.8) is 0 Å². The third kappa shape index (κ3) is 5.40. The Morgan fingerprint density at radius 2 is 1.82 bits per heavy atom. The molecule has 1 rings (SSSR count). The van der Waals surface area contributed by atoms with Crippen LogP contribution in [0.3, 0.4) is 0 Å². The lowest BCUT2D eigenvalue weighted by Gasteiger charge is -2.16. The minimum absolute atomic E-state index is 0. The molecule has 0 heterocycles. The van der Waals surface area contributed by atoms with Crippen LogP contribution in [0.4, 0.5) is 10.5 Å². The van der Waals surface area contributed by atoms with Crippen LogP contribution in [0.15, 0.2) is 41.1 Å². The molecule has 0 saturated heterocycles. The molecule has 0 atom stereocenters. The summed E-state index contributed by atoms with van der Waals surface area (Å²) in [6.45, 7) is 6.89. The number of anilines is 1. The van der Waals surface area contributed by atoms with Crippen LogP contribution in [0.1, 0.15) is 40.9 Å². The number of aliphatic imine (C=N–C) groups is 1. The fraction of sp³-hybridized carbons (Fsp3) is 0.312. The zero-order valence-electron chi connectivity index (χ0n) is 13.2. The lowest BCUT2D eigenvalue weighted by atomic mass is 9.93. The van der Waals surface area contributed by atoms with Gasteiger partial charge in [-0.05, 0) is 31.2 Å². The third-order valence-corrected chi connectivity index (χ3v) is 2.83. The first-order valence-electron chi connectivity index (χ1n) is 6.77. The molecule has 0 aromatic heterocycles. The number of Topliss-reactive ketones (excluding diaryl/α,β-unsaturated/α-hetero) is 1. The Morgan fingerprint density at radius 3 is 2.27 bits per heavy atom. The van der Waals surface area contributed by atoms with Gasteiger partial charge in [0.15, 0.2) is 5.78 Å². The summed E-state index contributed by atoms with van der Waals surface area (Å²) in [4.78, 5) is 26.5. The second-order valence-electron chi connectivity index (χ2n) is 5.88. The van der Waals surface area contributed by atoms with Gasteiger partial charge in [-0.2, -0.15) is 4.99 Å². The van der Waals surface area contributed by atoms with Gasteiger partial charge in [-0.3, -0.25) is 4.79 Å². The Labute approximate surface area is 132 Å². The van der Waals surface area contributed by atoms with Crippen molar-refractivity contribution in [2.45, 2.75) is 27.7 Å². The quantitative estimate of drug-likeness (QED) is 0.342. The molecule has 0 bridgehead atoms. The maximum Gasteiger partial charge on any atom is 0.347 e. The largest absolute Gasteiger partial charge is 0.512 e. The highest BCUT2D eigenvalue weighted by Gasteiger charge is 2.16. The lowest BCUT2D eigenvalue weighted by Crippen LogP contribution is -2.18. The summed E-state index contributed by atoms with van der Waals surface area (Å²) in [6, 6.07) is 5.75. The molecule has 6 nitrogen and oxygen atoms in total. The SMILES string of the molecule is CC(=O)c1ccc(NC(=O)/N=C(N)\C=C(/O)C(C)(C)C)cc1.[HH].[HH]. The molecular weight excluding hydrogens is 282 g/mol. The van der Waals surface area contributed by atoms with E-state index in [-0.39, 0.29) is 20.2 Å². The van der Waals surface area contributed by atoms with Crippen molar-refractivity contribution in [1.82, 2.24) is 0 Å². The first-order valence-corrected chi connectivity index (χ1v) is 6.77. The number of benzene rings is 1. The highest BCUT2D eigenvalue weighted by molar-refractivity contribution is 6.04. The molecule has 0 aliphatic rings. The molecule has 0 radical (unpaired) electrons. The van der Waals surface area contributed by atoms with Crippen LogP contribution in [-0.2, 0) is 0 Å². The van der Waals surface area contributed by atoms with Crippen molar-refractivity contribution in [3.05, 3.63) is 41.7 Å². The summed E-state index contributed by atoms with van der Waals surface area (Å²) in [5.74, 6) is -0.111. The van der Waals surface area contributed by atoms with Gasteiger partial charge in [-0.25, -0.2) is 4.79 Å². The number of carbonyl (C=O) groups is 2. The molecular formula is C16H25N3O3. The van der Waals surface area contributed by atoms with E-state index in [2.05, 4.69) is 10.3 Å². The van der Waals surface area contributed by atoms with E-state index >= 15 is 0 Å². The van der Waals surface area contributed by atoms with E-state index in [1.165, 1.54) is 13.0 Å². The number of rotatable bonds is 3. The number of amidine groups is 1. The number of aliphatic hydroxyl groups is 1. The molecule has 0 aliphatic carbocycles. The Kier molecular flexibility index (Phi) is 5.45. The molecule has 0 aliphatic heterocycles. The molecule has 0 spiro atoms. The van der Waals surface area contributed by atoms with Gasteiger partial charge >= 0.3 is 6.03 Å². The minimum atomic E-state index is -0.661. The topological polar surface area (TPSA) is 105 Å². The number of hydrogen-bond donors (Lipinski definition) is 3. The molecule has 122 valence electrons. The number of nitrogens with two attached hydrogens (primary N) is 1. The Balaban J connectivity index is 0. The zero-order chi connectivity index (χ0) is 16.9. The predicted octanol–water partition coefficient (Wildman–Crippen LogP) is 3.76. The summed E-state index contributed by atoms with van der Waals surface area (Å²) < 4.78 is 0. The maximum absolute atomic E-state index is 11.7. The molecule has 22 heavy (non-hydrogen) atoms. The van der Waals surface area contributed by atoms with Crippen LogP contribution in [0.25, 0.3) is 0 Å². The van der Waals surface area contributed by atoms with Crippen LogP contribution in [0, 0.1) is 5.41 Å². The number of nitrogens with one attached hydrogen (secondary N) is 1. The van der Waals surface area contributed by atoms with Crippen molar-refractivity contribution in [3.8, 4) is 0 Å². The summed E-state index contributed by atoms with van der Waals surface area (Å²) in [6.07, 6.45) is 1.25. The Hall–Kier alpha value is -2.63. The minimum Gasteiger partial charge on any atom is -0.512 e. The molecule has 1 aromatic carbocycles. The van der Waals surface area contributed by atoms with E-state index in [1.807, 2.05) is 20.8 Å². The van der Waals surface area contributed by atoms with Crippen LogP contribution < -0.4 is 11.1 Å². The van der Waals surface area contributed by atoms with Gasteiger partial charge in [0, 0.05) is 25.6 Å². The third-order valence-electron chi connectivity index (χ3n) is 2.83. The number of allylic oxidation sites excluding steroid dienone is 1. The maximum atomic E-state index is 11.7. The highest BCUT2D eigenvalue weighted by atomic mass is 16.3. The summed E-state index contributed by atoms with van der Waals surface area (Å²) >= 11 is 0. The number of amides is 2. The van der Waals surface area contributed by atoms with E-state index in [0.717, 1.165) is 0 Å². The molecule has 1 aromatic rings. The monoisotopic (exact) mass is 307 g/mol. The van der Waals surface area contributed by atoms with Gasteiger partial charge in [0.05, 0.1) is 0 Å². The van der Waals surface area contributed by atoms with Crippen molar-refractivity contribution in [2.75, 3.05) is 5.32 Å². The first-order chi connectivity index (χ1) is 10.1. The summed E-state index contributed by atoms with van der Waals surface area (Å²) in [5.41, 5.74) is 6.18. The number of urea groups is 1. The van der Waals surface area contributed by atoms with E-state index in [9.17, 15) is 14.7 Å². The van der Waals surface area contributed by atoms with Gasteiger partial charge in [-0.15, -0.1) is 0 Å². The molecule has 2 amide bonds. The lowest BCUT2D eigenvalue weighted by molar-refractivity contribution is 0.101. The fourth-order valence-electron chi connectivity index (χ4n) is 1.45. The number of hydrogen-bond acceptors (Lipinski definition) is 3. The van der Waals surface area contributed by atoms with Crippen molar-refractivity contribution < 1.29 is 17.5 Å². The van der Waals surface area contributed by atoms with E-state index in [0.29, 0.717) is 11.3 Å². The molecule has 6 heteroatoms. The second kappa shape index (κ2) is 6.89. The van der Waals surface area contributed by atoms with Gasteiger partial charge < -0.3 is 16.2 Å². The summed E-state index contributed by atoms with van der Waals surface area (Å²) in [5, 5.41) is 12.3. The van der Waals surface area contributed by atoms with E-state index < -0.39 is 11.4 Å². The average Bonchev–Trinajstić information content (AvgIpc) is 2.37. The van der Waals surface area contributed by atoms with Gasteiger partial charge in [0.1, 0.15) is 11.6 Å². The Bertz CT molecular complexity index is 633. The number of ketones is 1. The molecule has 4 N–H and O–H groups in total. The van der Waals surface area contributed by atoms with E-state index in [1.54, 1.807) is 24.3 Å². The van der Waals surface area contributed by atoms with Crippen LogP contribution in [0.5, 0.6) is 0 Å². The standard InChI is InChI=1S/C16H21N3O3.2H2/c1-10(20)11-5-7-12(8-6-11)18-15(22)19-14(17)9-13(21)16(2,3)4;;/h5-9,21H,1-4H3,(H3,17,18,19,22);2*1H/b13-9-;;. The highest BCUT2D eigenvalue weighted by Crippen LogP contribution is 2.21.